The van der Waals surface area contributed by atoms with E-state index in [-0.39, 0.29) is 5.92 Å². The Balaban J connectivity index is 0.923. The molecule has 0 bridgehead atoms. The average molecular weight is 780 g/mol. The van der Waals surface area contributed by atoms with E-state index in [9.17, 15) is 0 Å². The minimum Gasteiger partial charge on any atom is -0.255 e. The van der Waals surface area contributed by atoms with Crippen LogP contribution < -0.4 is 0 Å². The standard InChI is InChI=1S/C56H37N5/c1-3-14-38(15-4-1)51-35-52(39-16-5-2-6-17-39)61-56(60-51)40-27-25-37(26-28-40)43-29-30-50(58-36-43)54-34-44(33-53(59-54)49-24-11-12-31-57-49)41-18-13-19-42(32-41)55-47-22-9-7-20-45(47)46-21-8-10-23-48(46)55/h1-36,55H. The average Bonchev–Trinajstić information content (AvgIpc) is 3.69. The summed E-state index contributed by atoms with van der Waals surface area (Å²) in [6.45, 7) is 0. The van der Waals surface area contributed by atoms with Crippen LogP contribution in [-0.4, -0.2) is 24.9 Å². The normalized spacial score (nSPS) is 11.9. The second-order valence-electron chi connectivity index (χ2n) is 15.3. The molecule has 4 aromatic heterocycles. The summed E-state index contributed by atoms with van der Waals surface area (Å²) in [5.74, 6) is 0.837. The van der Waals surface area contributed by atoms with Crippen molar-refractivity contribution in [2.24, 2.45) is 0 Å². The van der Waals surface area contributed by atoms with E-state index in [1.54, 1.807) is 0 Å². The van der Waals surface area contributed by atoms with Crippen molar-refractivity contribution in [3.63, 3.8) is 0 Å². The maximum atomic E-state index is 5.13. The maximum Gasteiger partial charge on any atom is 0.160 e. The van der Waals surface area contributed by atoms with Gasteiger partial charge in [-0.2, -0.15) is 0 Å². The Morgan fingerprint density at radius 2 is 0.852 bits per heavy atom. The van der Waals surface area contributed by atoms with Crippen LogP contribution in [0.25, 0.3) is 90.1 Å². The summed E-state index contributed by atoms with van der Waals surface area (Å²) in [5, 5.41) is 0. The molecule has 0 spiro atoms. The van der Waals surface area contributed by atoms with Crippen LogP contribution in [0.1, 0.15) is 22.6 Å². The van der Waals surface area contributed by atoms with E-state index in [2.05, 4.69) is 157 Å². The second-order valence-corrected chi connectivity index (χ2v) is 15.3. The molecule has 1 aliphatic rings. The molecular weight excluding hydrogens is 743 g/mol. The predicted molar refractivity (Wildman–Crippen MR) is 246 cm³/mol. The van der Waals surface area contributed by atoms with Gasteiger partial charge in [0.2, 0.25) is 0 Å². The molecule has 5 nitrogen and oxygen atoms in total. The number of nitrogens with zero attached hydrogens (tertiary/aromatic N) is 5. The summed E-state index contributed by atoms with van der Waals surface area (Å²) < 4.78 is 0. The molecule has 5 heteroatoms. The van der Waals surface area contributed by atoms with Gasteiger partial charge in [0, 0.05) is 40.6 Å². The van der Waals surface area contributed by atoms with Crippen molar-refractivity contribution in [1.82, 2.24) is 24.9 Å². The van der Waals surface area contributed by atoms with Gasteiger partial charge in [0.15, 0.2) is 5.82 Å². The summed E-state index contributed by atoms with van der Waals surface area (Å²) in [6, 6.07) is 71.8. The number of hydrogen-bond donors (Lipinski definition) is 0. The van der Waals surface area contributed by atoms with Crippen LogP contribution in [0.5, 0.6) is 0 Å². The molecule has 0 fully saturated rings. The molecule has 11 rings (SSSR count). The Morgan fingerprint density at radius 1 is 0.295 bits per heavy atom. The van der Waals surface area contributed by atoms with Crippen molar-refractivity contribution in [3.05, 3.63) is 235 Å². The quantitative estimate of drug-likeness (QED) is 0.154. The van der Waals surface area contributed by atoms with Gasteiger partial charge in [-0.25, -0.2) is 15.0 Å². The van der Waals surface area contributed by atoms with Crippen molar-refractivity contribution in [3.8, 4) is 90.1 Å². The molecule has 10 aromatic rings. The van der Waals surface area contributed by atoms with Crippen molar-refractivity contribution < 1.29 is 0 Å². The second kappa shape index (κ2) is 15.6. The first-order chi connectivity index (χ1) is 30.2. The molecule has 0 aliphatic heterocycles. The Morgan fingerprint density at radius 3 is 1.46 bits per heavy atom. The molecule has 0 amide bonds. The maximum absolute atomic E-state index is 5.13. The zero-order valence-electron chi connectivity index (χ0n) is 33.1. The van der Waals surface area contributed by atoms with Crippen LogP contribution in [0.4, 0.5) is 0 Å². The van der Waals surface area contributed by atoms with Gasteiger partial charge in [0.25, 0.3) is 0 Å². The van der Waals surface area contributed by atoms with Gasteiger partial charge in [-0.1, -0.05) is 170 Å². The van der Waals surface area contributed by atoms with Gasteiger partial charge >= 0.3 is 0 Å². The van der Waals surface area contributed by atoms with Crippen molar-refractivity contribution in [2.45, 2.75) is 5.92 Å². The van der Waals surface area contributed by atoms with E-state index in [4.69, 9.17) is 19.9 Å². The highest BCUT2D eigenvalue weighted by Gasteiger charge is 2.29. The number of aromatic nitrogens is 5. The van der Waals surface area contributed by atoms with E-state index in [1.807, 2.05) is 67.0 Å². The largest absolute Gasteiger partial charge is 0.255 e. The van der Waals surface area contributed by atoms with Gasteiger partial charge in [-0.3, -0.25) is 9.97 Å². The lowest BCUT2D eigenvalue weighted by atomic mass is 9.87. The molecule has 4 heterocycles. The van der Waals surface area contributed by atoms with Crippen LogP contribution in [0.2, 0.25) is 0 Å². The summed E-state index contributed by atoms with van der Waals surface area (Å²) in [6.07, 6.45) is 3.74. The third-order valence-electron chi connectivity index (χ3n) is 11.5. The Kier molecular flexibility index (Phi) is 9.17. The molecule has 286 valence electrons. The van der Waals surface area contributed by atoms with Crippen LogP contribution >= 0.6 is 0 Å². The number of hydrogen-bond acceptors (Lipinski definition) is 5. The summed E-state index contributed by atoms with van der Waals surface area (Å²) in [5.41, 5.74) is 18.8. The summed E-state index contributed by atoms with van der Waals surface area (Å²) >= 11 is 0. The highest BCUT2D eigenvalue weighted by molar-refractivity contribution is 5.82. The lowest BCUT2D eigenvalue weighted by Crippen LogP contribution is -1.99. The third-order valence-corrected chi connectivity index (χ3v) is 11.5. The molecule has 1 aliphatic carbocycles. The van der Waals surface area contributed by atoms with E-state index in [0.29, 0.717) is 5.82 Å². The van der Waals surface area contributed by atoms with Crippen LogP contribution in [0.15, 0.2) is 219 Å². The van der Waals surface area contributed by atoms with E-state index >= 15 is 0 Å². The van der Waals surface area contributed by atoms with Gasteiger partial charge in [-0.05, 0) is 80.9 Å². The molecule has 6 aromatic carbocycles. The molecule has 0 saturated heterocycles. The Hall–Kier alpha value is -8.15. The Labute approximate surface area is 354 Å². The van der Waals surface area contributed by atoms with Gasteiger partial charge in [0.05, 0.1) is 34.2 Å². The topological polar surface area (TPSA) is 64.5 Å². The summed E-state index contributed by atoms with van der Waals surface area (Å²) in [7, 11) is 0. The van der Waals surface area contributed by atoms with E-state index < -0.39 is 0 Å². The molecule has 0 unspecified atom stereocenters. The number of fused-ring (bicyclic) bond motifs is 3. The van der Waals surface area contributed by atoms with E-state index in [1.165, 1.54) is 27.8 Å². The monoisotopic (exact) mass is 779 g/mol. The minimum absolute atomic E-state index is 0.158. The molecule has 0 saturated carbocycles. The molecule has 61 heavy (non-hydrogen) atoms. The fraction of sp³-hybridized carbons (Fsp3) is 0.0179. The molecule has 0 radical (unpaired) electrons. The lowest BCUT2D eigenvalue weighted by Gasteiger charge is -2.16. The fourth-order valence-electron chi connectivity index (χ4n) is 8.50. The first-order valence-corrected chi connectivity index (χ1v) is 20.5. The molecular formula is C56H37N5. The fourth-order valence-corrected chi connectivity index (χ4v) is 8.50. The summed E-state index contributed by atoms with van der Waals surface area (Å²) in [4.78, 5) is 24.8. The van der Waals surface area contributed by atoms with Crippen molar-refractivity contribution >= 4 is 0 Å². The predicted octanol–water partition coefficient (Wildman–Crippen LogP) is 13.5. The lowest BCUT2D eigenvalue weighted by molar-refractivity contribution is 1.02. The first-order valence-electron chi connectivity index (χ1n) is 20.5. The third kappa shape index (κ3) is 6.98. The molecule has 0 atom stereocenters. The SMILES string of the molecule is c1ccc(-c2cc(-c3ccccc3)nc(-c3ccc(-c4ccc(-c5cc(-c6cccc(C7c8ccccc8-c8ccccc87)c6)cc(-c6ccccn6)n5)nc4)cc3)n2)cc1. The minimum atomic E-state index is 0.158. The van der Waals surface area contributed by atoms with Gasteiger partial charge in [-0.15, -0.1) is 0 Å². The van der Waals surface area contributed by atoms with Crippen LogP contribution in [0.3, 0.4) is 0 Å². The number of pyridine rings is 3. The zero-order chi connectivity index (χ0) is 40.5. The first kappa shape index (κ1) is 36.0. The van der Waals surface area contributed by atoms with Crippen molar-refractivity contribution in [1.29, 1.82) is 0 Å². The van der Waals surface area contributed by atoms with Gasteiger partial charge in [0.1, 0.15) is 0 Å². The number of benzene rings is 6. The smallest absolute Gasteiger partial charge is 0.160 e. The van der Waals surface area contributed by atoms with Gasteiger partial charge < -0.3 is 0 Å². The van der Waals surface area contributed by atoms with E-state index in [0.717, 1.165) is 73.1 Å². The van der Waals surface area contributed by atoms with Crippen LogP contribution in [0, 0.1) is 0 Å². The van der Waals surface area contributed by atoms with Crippen LogP contribution in [-0.2, 0) is 0 Å². The Bertz CT molecular complexity index is 3060. The highest BCUT2D eigenvalue weighted by Crippen LogP contribution is 2.48. The highest BCUT2D eigenvalue weighted by atomic mass is 14.9. The van der Waals surface area contributed by atoms with Crippen molar-refractivity contribution in [2.75, 3.05) is 0 Å². The number of rotatable bonds is 8. The zero-order valence-corrected chi connectivity index (χ0v) is 33.1. The molecule has 0 N–H and O–H groups in total.